The maximum Gasteiger partial charge on any atom is 0.217 e. The molecule has 0 aliphatic rings. The van der Waals surface area contributed by atoms with Crippen LogP contribution in [0.4, 0.5) is 0 Å². The molecular formula is C24H49NO. The molecule has 0 radical (unpaired) electrons. The monoisotopic (exact) mass is 367 g/mol. The highest BCUT2D eigenvalue weighted by Crippen LogP contribution is 2.37. The van der Waals surface area contributed by atoms with Crippen LogP contribution in [0.1, 0.15) is 137 Å². The van der Waals surface area contributed by atoms with Gasteiger partial charge in [-0.25, -0.2) is 0 Å². The zero-order valence-electron chi connectivity index (χ0n) is 18.8. The number of amides is 1. The van der Waals surface area contributed by atoms with Crippen molar-refractivity contribution in [1.82, 2.24) is 0 Å². The molecule has 2 nitrogen and oxygen atoms in total. The second-order valence-corrected chi connectivity index (χ2v) is 10.1. The smallest absolute Gasteiger partial charge is 0.217 e. The van der Waals surface area contributed by atoms with Gasteiger partial charge in [-0.1, -0.05) is 98.8 Å². The largest absolute Gasteiger partial charge is 0.370 e. The Labute approximate surface area is 165 Å². The number of carbonyl (C=O) groups is 1. The van der Waals surface area contributed by atoms with Gasteiger partial charge in [0.15, 0.2) is 0 Å². The predicted octanol–water partition coefficient (Wildman–Crippen LogP) is 7.79. The molecule has 0 aromatic carbocycles. The van der Waals surface area contributed by atoms with Crippen LogP contribution in [0.2, 0.25) is 0 Å². The normalized spacial score (nSPS) is 12.5. The van der Waals surface area contributed by atoms with E-state index in [1.54, 1.807) is 0 Å². The highest BCUT2D eigenvalue weighted by Gasteiger charge is 2.23. The number of rotatable bonds is 18. The summed E-state index contributed by atoms with van der Waals surface area (Å²) in [7, 11) is 0. The van der Waals surface area contributed by atoms with Gasteiger partial charge in [0.05, 0.1) is 0 Å². The van der Waals surface area contributed by atoms with Gasteiger partial charge in [0.25, 0.3) is 0 Å². The maximum atomic E-state index is 10.7. The van der Waals surface area contributed by atoms with Gasteiger partial charge in [-0.05, 0) is 42.9 Å². The first-order valence-corrected chi connectivity index (χ1v) is 11.5. The summed E-state index contributed by atoms with van der Waals surface area (Å²) in [6.07, 6.45) is 20.4. The van der Waals surface area contributed by atoms with E-state index in [2.05, 4.69) is 34.6 Å². The Morgan fingerprint density at radius 2 is 1.00 bits per heavy atom. The van der Waals surface area contributed by atoms with Crippen molar-refractivity contribution in [2.24, 2.45) is 16.6 Å². The fourth-order valence-electron chi connectivity index (χ4n) is 3.74. The average Bonchev–Trinajstić information content (AvgIpc) is 2.55. The molecule has 2 heteroatoms. The molecule has 0 unspecified atom stereocenters. The van der Waals surface area contributed by atoms with Crippen molar-refractivity contribution in [3.05, 3.63) is 0 Å². The van der Waals surface area contributed by atoms with Gasteiger partial charge >= 0.3 is 0 Å². The minimum Gasteiger partial charge on any atom is -0.370 e. The van der Waals surface area contributed by atoms with Crippen LogP contribution in [-0.4, -0.2) is 5.91 Å². The van der Waals surface area contributed by atoms with E-state index in [4.69, 9.17) is 5.73 Å². The Morgan fingerprint density at radius 1 is 0.615 bits per heavy atom. The van der Waals surface area contributed by atoms with Crippen LogP contribution in [-0.2, 0) is 4.79 Å². The number of carbonyl (C=O) groups excluding carboxylic acids is 1. The van der Waals surface area contributed by atoms with Crippen LogP contribution >= 0.6 is 0 Å². The Kier molecular flexibility index (Phi) is 14.2. The molecule has 0 aliphatic carbocycles. The molecule has 0 saturated carbocycles. The summed E-state index contributed by atoms with van der Waals surface area (Å²) in [5, 5.41) is 0. The summed E-state index contributed by atoms with van der Waals surface area (Å²) in [6, 6.07) is 0. The SMILES string of the molecule is CCCCCCCCCC(C)(C)CCC(C)(C)CCCCCCC(N)=O. The molecule has 156 valence electrons. The van der Waals surface area contributed by atoms with Gasteiger partial charge in [0.1, 0.15) is 0 Å². The van der Waals surface area contributed by atoms with Gasteiger partial charge in [-0.15, -0.1) is 0 Å². The van der Waals surface area contributed by atoms with Gasteiger partial charge in [0.2, 0.25) is 5.91 Å². The van der Waals surface area contributed by atoms with Gasteiger partial charge in [-0.2, -0.15) is 0 Å². The van der Waals surface area contributed by atoms with E-state index in [-0.39, 0.29) is 5.91 Å². The summed E-state index contributed by atoms with van der Waals surface area (Å²) in [6.45, 7) is 12.1. The van der Waals surface area contributed by atoms with E-state index in [9.17, 15) is 4.79 Å². The van der Waals surface area contributed by atoms with Crippen molar-refractivity contribution >= 4 is 5.91 Å². The molecule has 0 spiro atoms. The molecule has 0 saturated heterocycles. The average molecular weight is 368 g/mol. The Bertz CT molecular complexity index is 346. The third-order valence-electron chi connectivity index (χ3n) is 5.96. The lowest BCUT2D eigenvalue weighted by Crippen LogP contribution is -2.18. The molecule has 1 amide bonds. The quantitative estimate of drug-likeness (QED) is 0.247. The summed E-state index contributed by atoms with van der Waals surface area (Å²) < 4.78 is 0. The first-order valence-electron chi connectivity index (χ1n) is 11.5. The standard InChI is InChI=1S/C24H49NO/c1-6-7-8-9-10-12-15-18-23(2,3)20-21-24(4,5)19-16-13-11-14-17-22(25)26/h6-21H2,1-5H3,(H2,25,26). The molecule has 26 heavy (non-hydrogen) atoms. The summed E-state index contributed by atoms with van der Waals surface area (Å²) >= 11 is 0. The highest BCUT2D eigenvalue weighted by molar-refractivity contribution is 5.73. The second kappa shape index (κ2) is 14.5. The molecule has 0 aliphatic heterocycles. The van der Waals surface area contributed by atoms with E-state index in [1.807, 2.05) is 0 Å². The van der Waals surface area contributed by atoms with Crippen LogP contribution in [0.3, 0.4) is 0 Å². The molecular weight excluding hydrogens is 318 g/mol. The Morgan fingerprint density at radius 3 is 1.42 bits per heavy atom. The number of unbranched alkanes of at least 4 members (excludes halogenated alkanes) is 9. The minimum absolute atomic E-state index is 0.159. The van der Waals surface area contributed by atoms with E-state index in [0.717, 1.165) is 12.8 Å². The van der Waals surface area contributed by atoms with E-state index in [1.165, 1.54) is 83.5 Å². The fraction of sp³-hybridized carbons (Fsp3) is 0.958. The van der Waals surface area contributed by atoms with Crippen LogP contribution in [0.25, 0.3) is 0 Å². The zero-order chi connectivity index (χ0) is 19.9. The topological polar surface area (TPSA) is 43.1 Å². The van der Waals surface area contributed by atoms with Crippen LogP contribution in [0.15, 0.2) is 0 Å². The maximum absolute atomic E-state index is 10.7. The van der Waals surface area contributed by atoms with Crippen molar-refractivity contribution in [3.63, 3.8) is 0 Å². The number of nitrogens with two attached hydrogens (primary N) is 1. The first kappa shape index (κ1) is 25.5. The van der Waals surface area contributed by atoms with Gasteiger partial charge in [0, 0.05) is 6.42 Å². The van der Waals surface area contributed by atoms with Crippen molar-refractivity contribution in [3.8, 4) is 0 Å². The van der Waals surface area contributed by atoms with Crippen LogP contribution < -0.4 is 5.73 Å². The van der Waals surface area contributed by atoms with Gasteiger partial charge in [-0.3, -0.25) is 4.79 Å². The minimum atomic E-state index is -0.159. The zero-order valence-corrected chi connectivity index (χ0v) is 18.8. The van der Waals surface area contributed by atoms with Crippen LogP contribution in [0.5, 0.6) is 0 Å². The Balaban J connectivity index is 3.77. The molecule has 0 aromatic heterocycles. The van der Waals surface area contributed by atoms with Crippen LogP contribution in [0, 0.1) is 10.8 Å². The van der Waals surface area contributed by atoms with Crippen molar-refractivity contribution in [2.45, 2.75) is 137 Å². The molecule has 0 atom stereocenters. The van der Waals surface area contributed by atoms with E-state index < -0.39 is 0 Å². The summed E-state index contributed by atoms with van der Waals surface area (Å²) in [4.78, 5) is 10.7. The fourth-order valence-corrected chi connectivity index (χ4v) is 3.74. The third-order valence-corrected chi connectivity index (χ3v) is 5.96. The molecule has 0 heterocycles. The highest BCUT2D eigenvalue weighted by atomic mass is 16.1. The van der Waals surface area contributed by atoms with Crippen molar-refractivity contribution in [1.29, 1.82) is 0 Å². The lowest BCUT2D eigenvalue weighted by atomic mass is 9.74. The number of hydrogen-bond acceptors (Lipinski definition) is 1. The van der Waals surface area contributed by atoms with Crippen molar-refractivity contribution in [2.75, 3.05) is 0 Å². The predicted molar refractivity (Wildman–Crippen MR) is 116 cm³/mol. The molecule has 0 bridgehead atoms. The molecule has 2 N–H and O–H groups in total. The summed E-state index contributed by atoms with van der Waals surface area (Å²) in [5.41, 5.74) is 6.12. The molecule has 0 fully saturated rings. The first-order chi connectivity index (χ1) is 12.2. The lowest BCUT2D eigenvalue weighted by molar-refractivity contribution is -0.118. The van der Waals surface area contributed by atoms with E-state index in [0.29, 0.717) is 17.3 Å². The van der Waals surface area contributed by atoms with E-state index >= 15 is 0 Å². The lowest BCUT2D eigenvalue weighted by Gasteiger charge is -2.31. The van der Waals surface area contributed by atoms with Crippen molar-refractivity contribution < 1.29 is 4.79 Å². The number of hydrogen-bond donors (Lipinski definition) is 1. The molecule has 0 aromatic rings. The second-order valence-electron chi connectivity index (χ2n) is 10.1. The molecule has 0 rings (SSSR count). The third kappa shape index (κ3) is 16.9. The summed E-state index contributed by atoms with van der Waals surface area (Å²) in [5.74, 6) is -0.159. The van der Waals surface area contributed by atoms with Gasteiger partial charge < -0.3 is 5.73 Å². The number of primary amides is 1. The Hall–Kier alpha value is -0.530.